The molecule has 3 aromatic rings. The topological polar surface area (TPSA) is 92.3 Å². The minimum absolute atomic E-state index is 0.215. The molecule has 1 unspecified atom stereocenters. The molecule has 2 aromatic heterocycles. The lowest BCUT2D eigenvalue weighted by molar-refractivity contribution is -0.0632. The molecule has 3 aliphatic rings. The number of alkyl halides is 2. The Balaban J connectivity index is 1.17. The van der Waals surface area contributed by atoms with Crippen molar-refractivity contribution in [2.45, 2.75) is 56.5 Å². The fourth-order valence-electron chi connectivity index (χ4n) is 4.83. The Kier molecular flexibility index (Phi) is 6.82. The van der Waals surface area contributed by atoms with E-state index in [0.29, 0.717) is 30.1 Å². The van der Waals surface area contributed by atoms with Crippen molar-refractivity contribution in [2.24, 2.45) is 5.92 Å². The van der Waals surface area contributed by atoms with E-state index in [4.69, 9.17) is 4.74 Å². The van der Waals surface area contributed by atoms with Crippen LogP contribution in [0.4, 0.5) is 14.6 Å². The number of likely N-dealkylation sites (tertiary alicyclic amines) is 1. The zero-order chi connectivity index (χ0) is 26.1. The first-order valence-corrected chi connectivity index (χ1v) is 13.4. The lowest BCUT2D eigenvalue weighted by atomic mass is 10.0. The number of anilines is 1. The number of nitrogens with zero attached hydrogens (tertiary/aromatic N) is 4. The number of nitrogens with one attached hydrogen (secondary N) is 2. The fraction of sp³-hybridized carbons (Fsp3) is 0.500. The van der Waals surface area contributed by atoms with E-state index in [9.17, 15) is 13.6 Å². The van der Waals surface area contributed by atoms with Gasteiger partial charge >= 0.3 is 6.01 Å². The van der Waals surface area contributed by atoms with E-state index in [1.807, 2.05) is 29.2 Å². The maximum absolute atomic E-state index is 13.9. The highest BCUT2D eigenvalue weighted by Crippen LogP contribution is 2.33. The van der Waals surface area contributed by atoms with Crippen LogP contribution in [0, 0.1) is 5.92 Å². The molecule has 8 nitrogen and oxygen atoms in total. The van der Waals surface area contributed by atoms with Crippen LogP contribution in [0.2, 0.25) is 0 Å². The van der Waals surface area contributed by atoms with Crippen LogP contribution in [0.25, 0.3) is 10.9 Å². The summed E-state index contributed by atoms with van der Waals surface area (Å²) in [5, 5.41) is 7.18. The number of carbonyl (C=O) groups excluding carboxylic acids is 1. The van der Waals surface area contributed by atoms with Gasteiger partial charge in [-0.3, -0.25) is 9.69 Å². The van der Waals surface area contributed by atoms with E-state index in [2.05, 4.69) is 25.6 Å². The van der Waals surface area contributed by atoms with Crippen LogP contribution >= 0.6 is 0 Å². The van der Waals surface area contributed by atoms with Gasteiger partial charge in [-0.15, -0.1) is 0 Å². The second-order valence-corrected chi connectivity index (χ2v) is 10.7. The van der Waals surface area contributed by atoms with E-state index in [1.54, 1.807) is 18.5 Å². The quantitative estimate of drug-likeness (QED) is 0.402. The number of rotatable bonds is 10. The largest absolute Gasteiger partial charge is 0.463 e. The summed E-state index contributed by atoms with van der Waals surface area (Å²) in [6, 6.07) is 9.77. The molecular weight excluding hydrogens is 490 g/mol. The predicted octanol–water partition coefficient (Wildman–Crippen LogP) is 4.59. The molecule has 1 amide bonds. The molecule has 1 aliphatic heterocycles. The number of hydrogen-bond donors (Lipinski definition) is 2. The first kappa shape index (κ1) is 24.9. The van der Waals surface area contributed by atoms with Crippen LogP contribution in [0.15, 0.2) is 42.7 Å². The molecule has 2 N–H and O–H groups in total. The second-order valence-electron chi connectivity index (χ2n) is 10.7. The summed E-state index contributed by atoms with van der Waals surface area (Å²) in [5.74, 6) is -1.51. The van der Waals surface area contributed by atoms with Gasteiger partial charge in [-0.25, -0.2) is 23.7 Å². The van der Waals surface area contributed by atoms with Crippen molar-refractivity contribution in [2.75, 3.05) is 31.6 Å². The molecule has 1 aromatic carbocycles. The first-order valence-electron chi connectivity index (χ1n) is 13.4. The third kappa shape index (κ3) is 6.01. The Hall–Kier alpha value is -3.40. The molecule has 1 atom stereocenters. The van der Waals surface area contributed by atoms with Gasteiger partial charge in [0, 0.05) is 67.4 Å². The van der Waals surface area contributed by atoms with Crippen molar-refractivity contribution < 1.29 is 18.3 Å². The summed E-state index contributed by atoms with van der Waals surface area (Å²) in [4.78, 5) is 28.7. The predicted molar refractivity (Wildman–Crippen MR) is 139 cm³/mol. The van der Waals surface area contributed by atoms with Crippen molar-refractivity contribution in [3.63, 3.8) is 0 Å². The van der Waals surface area contributed by atoms with Crippen LogP contribution in [0.5, 0.6) is 6.01 Å². The third-order valence-corrected chi connectivity index (χ3v) is 7.51. The van der Waals surface area contributed by atoms with E-state index in [1.165, 1.54) is 12.8 Å². The summed E-state index contributed by atoms with van der Waals surface area (Å²) in [7, 11) is 0. The smallest absolute Gasteiger partial charge is 0.316 e. The minimum Gasteiger partial charge on any atom is -0.463 e. The fourth-order valence-corrected chi connectivity index (χ4v) is 4.83. The molecule has 2 saturated carbocycles. The molecule has 38 heavy (non-hydrogen) atoms. The molecule has 10 heteroatoms. The van der Waals surface area contributed by atoms with Crippen LogP contribution in [0.3, 0.4) is 0 Å². The monoisotopic (exact) mass is 522 g/mol. The average Bonchev–Trinajstić information content (AvgIpc) is 3.85. The summed E-state index contributed by atoms with van der Waals surface area (Å²) >= 11 is 0. The Labute approximate surface area is 220 Å². The lowest BCUT2D eigenvalue weighted by Gasteiger charge is -2.37. The Morgan fingerprint density at radius 2 is 1.84 bits per heavy atom. The van der Waals surface area contributed by atoms with E-state index >= 15 is 0 Å². The number of aromatic nitrogens is 3. The van der Waals surface area contributed by atoms with Gasteiger partial charge in [0.25, 0.3) is 11.8 Å². The number of benzene rings is 1. The highest BCUT2D eigenvalue weighted by atomic mass is 19.3. The number of amides is 1. The maximum atomic E-state index is 13.9. The molecule has 1 saturated heterocycles. The normalized spacial score (nSPS) is 20.2. The van der Waals surface area contributed by atoms with Crippen molar-refractivity contribution in [1.29, 1.82) is 0 Å². The Morgan fingerprint density at radius 1 is 1.08 bits per heavy atom. The number of halogens is 2. The number of hydrogen-bond acceptors (Lipinski definition) is 7. The van der Waals surface area contributed by atoms with Crippen molar-refractivity contribution in [3.8, 4) is 6.01 Å². The SMILES string of the molecule is O=C(NCC(c1cnc(OCC2CC2)nc1)N1CCC(F)(F)CC1)c1cccc2nc(NC3CC3)ccc12. The first-order chi connectivity index (χ1) is 18.4. The van der Waals surface area contributed by atoms with Gasteiger partial charge in [0.1, 0.15) is 5.82 Å². The van der Waals surface area contributed by atoms with Crippen LogP contribution in [-0.4, -0.2) is 64.0 Å². The molecule has 3 heterocycles. The number of fused-ring (bicyclic) bond motifs is 1. The molecule has 0 spiro atoms. The Bertz CT molecular complexity index is 1290. The van der Waals surface area contributed by atoms with Gasteiger partial charge < -0.3 is 15.4 Å². The van der Waals surface area contributed by atoms with Gasteiger partial charge in [-0.05, 0) is 55.9 Å². The van der Waals surface area contributed by atoms with Crippen molar-refractivity contribution in [1.82, 2.24) is 25.2 Å². The summed E-state index contributed by atoms with van der Waals surface area (Å²) in [5.41, 5.74) is 2.02. The highest BCUT2D eigenvalue weighted by molar-refractivity contribution is 6.06. The second kappa shape index (κ2) is 10.4. The molecule has 200 valence electrons. The molecular formula is C28H32F2N6O2. The number of ether oxygens (including phenoxy) is 1. The van der Waals surface area contributed by atoms with Crippen LogP contribution in [-0.2, 0) is 0 Å². The van der Waals surface area contributed by atoms with Crippen LogP contribution < -0.4 is 15.4 Å². The van der Waals surface area contributed by atoms with E-state index < -0.39 is 5.92 Å². The van der Waals surface area contributed by atoms with E-state index in [0.717, 1.165) is 35.1 Å². The number of pyridine rings is 1. The number of piperidine rings is 1. The van der Waals surface area contributed by atoms with E-state index in [-0.39, 0.29) is 44.4 Å². The van der Waals surface area contributed by atoms with Gasteiger partial charge in [0.15, 0.2) is 0 Å². The summed E-state index contributed by atoms with van der Waals surface area (Å²) in [6.45, 7) is 1.30. The Morgan fingerprint density at radius 3 is 2.55 bits per heavy atom. The summed E-state index contributed by atoms with van der Waals surface area (Å²) in [6.07, 6.45) is 7.57. The van der Waals surface area contributed by atoms with Crippen LogP contribution in [0.1, 0.15) is 60.5 Å². The molecule has 6 rings (SSSR count). The van der Waals surface area contributed by atoms with Gasteiger partial charge in [0.05, 0.1) is 18.2 Å². The average molecular weight is 523 g/mol. The number of carbonyl (C=O) groups is 1. The molecule has 2 aliphatic carbocycles. The highest BCUT2D eigenvalue weighted by Gasteiger charge is 2.37. The molecule has 3 fully saturated rings. The third-order valence-electron chi connectivity index (χ3n) is 7.51. The molecule has 0 radical (unpaired) electrons. The van der Waals surface area contributed by atoms with Gasteiger partial charge in [0.2, 0.25) is 0 Å². The lowest BCUT2D eigenvalue weighted by Crippen LogP contribution is -2.45. The standard InChI is InChI=1S/C28H32F2N6O2/c29-28(30)10-12-36(13-11-28)24(19-14-32-27(33-15-19)38-17-18-4-5-18)16-31-26(37)22-2-1-3-23-21(22)8-9-25(35-23)34-20-6-7-20/h1-3,8-9,14-15,18,20,24H,4-7,10-13,16-17H2,(H,31,37)(H,34,35). The van der Waals surface area contributed by atoms with Gasteiger partial charge in [-0.1, -0.05) is 6.07 Å². The van der Waals surface area contributed by atoms with Crippen molar-refractivity contribution >= 4 is 22.6 Å². The van der Waals surface area contributed by atoms with Gasteiger partial charge in [-0.2, -0.15) is 0 Å². The zero-order valence-corrected chi connectivity index (χ0v) is 21.2. The maximum Gasteiger partial charge on any atom is 0.316 e. The summed E-state index contributed by atoms with van der Waals surface area (Å²) < 4.78 is 33.4. The molecule has 0 bridgehead atoms. The zero-order valence-electron chi connectivity index (χ0n) is 21.2. The van der Waals surface area contributed by atoms with Crippen molar-refractivity contribution in [3.05, 3.63) is 53.9 Å². The minimum atomic E-state index is -2.66.